The van der Waals surface area contributed by atoms with Crippen molar-refractivity contribution < 1.29 is 22.4 Å². The van der Waals surface area contributed by atoms with Gasteiger partial charge in [-0.25, -0.2) is 9.50 Å². The first-order chi connectivity index (χ1) is 16.9. The zero-order valence-corrected chi connectivity index (χ0v) is 18.3. The van der Waals surface area contributed by atoms with Crippen LogP contribution in [0.25, 0.3) is 17.1 Å². The van der Waals surface area contributed by atoms with Crippen molar-refractivity contribution in [3.63, 3.8) is 0 Å². The lowest BCUT2D eigenvalue weighted by Gasteiger charge is -2.22. The van der Waals surface area contributed by atoms with E-state index in [0.717, 1.165) is 17.2 Å². The minimum absolute atomic E-state index is 0.000786. The van der Waals surface area contributed by atoms with Crippen LogP contribution < -0.4 is 0 Å². The molecule has 0 fully saturated rings. The highest BCUT2D eigenvalue weighted by Crippen LogP contribution is 2.32. The number of halogens is 3. The van der Waals surface area contributed by atoms with Gasteiger partial charge in [0.2, 0.25) is 0 Å². The molecule has 0 unspecified atom stereocenters. The molecule has 6 nitrogen and oxygen atoms in total. The molecule has 5 aromatic rings. The molecule has 0 bridgehead atoms. The van der Waals surface area contributed by atoms with E-state index in [4.69, 9.17) is 4.42 Å². The van der Waals surface area contributed by atoms with Crippen molar-refractivity contribution in [2.45, 2.75) is 19.3 Å². The number of furan rings is 1. The molecule has 1 amide bonds. The molecule has 0 spiro atoms. The number of alkyl halides is 3. The molecule has 0 N–H and O–H groups in total. The monoisotopic (exact) mass is 476 g/mol. The summed E-state index contributed by atoms with van der Waals surface area (Å²) in [7, 11) is 0. The van der Waals surface area contributed by atoms with Crippen LogP contribution >= 0.6 is 0 Å². The van der Waals surface area contributed by atoms with Gasteiger partial charge in [0.1, 0.15) is 5.69 Å². The first-order valence-electron chi connectivity index (χ1n) is 10.8. The number of hydrogen-bond acceptors (Lipinski definition) is 4. The molecule has 0 radical (unpaired) electrons. The van der Waals surface area contributed by atoms with Gasteiger partial charge >= 0.3 is 6.18 Å². The normalized spacial score (nSPS) is 11.6. The van der Waals surface area contributed by atoms with E-state index in [1.807, 2.05) is 60.7 Å². The van der Waals surface area contributed by atoms with Crippen LogP contribution in [-0.4, -0.2) is 25.4 Å². The average Bonchev–Trinajstić information content (AvgIpc) is 3.53. The molecule has 35 heavy (non-hydrogen) atoms. The first kappa shape index (κ1) is 22.4. The minimum Gasteiger partial charge on any atom is -0.463 e. The zero-order chi connectivity index (χ0) is 24.4. The van der Waals surface area contributed by atoms with Gasteiger partial charge in [-0.1, -0.05) is 60.7 Å². The first-order valence-corrected chi connectivity index (χ1v) is 10.8. The van der Waals surface area contributed by atoms with Crippen molar-refractivity contribution in [2.24, 2.45) is 0 Å². The topological polar surface area (TPSA) is 63.6 Å². The third-order valence-electron chi connectivity index (χ3n) is 5.43. The predicted molar refractivity (Wildman–Crippen MR) is 122 cm³/mol. The molecule has 3 heterocycles. The summed E-state index contributed by atoms with van der Waals surface area (Å²) < 4.78 is 47.5. The molecule has 0 aliphatic carbocycles. The van der Waals surface area contributed by atoms with E-state index < -0.39 is 17.8 Å². The van der Waals surface area contributed by atoms with Crippen molar-refractivity contribution >= 4 is 11.6 Å². The molecule has 3 aromatic heterocycles. The third kappa shape index (κ3) is 4.79. The molecule has 5 rings (SSSR count). The fraction of sp³-hybridized carbons (Fsp3) is 0.115. The Balaban J connectivity index is 1.56. The second-order valence-corrected chi connectivity index (χ2v) is 7.93. The highest BCUT2D eigenvalue weighted by molar-refractivity contribution is 5.93. The SMILES string of the molecule is O=C(c1cc2nc(-c3ccco3)cc(C(F)(F)F)n2n1)N(Cc1ccccc1)Cc1ccccc1. The maximum absolute atomic E-state index is 13.9. The summed E-state index contributed by atoms with van der Waals surface area (Å²) in [6.45, 7) is 0.527. The van der Waals surface area contributed by atoms with Crippen LogP contribution in [0, 0.1) is 0 Å². The zero-order valence-electron chi connectivity index (χ0n) is 18.3. The molecular weight excluding hydrogens is 457 g/mol. The van der Waals surface area contributed by atoms with E-state index in [1.54, 1.807) is 11.0 Å². The maximum Gasteiger partial charge on any atom is 0.433 e. The Bertz CT molecular complexity index is 1410. The van der Waals surface area contributed by atoms with Crippen LogP contribution in [0.4, 0.5) is 13.2 Å². The number of rotatable bonds is 6. The van der Waals surface area contributed by atoms with E-state index in [0.29, 0.717) is 4.52 Å². The Morgan fingerprint density at radius 1 is 0.886 bits per heavy atom. The maximum atomic E-state index is 13.9. The van der Waals surface area contributed by atoms with Crippen molar-refractivity contribution in [3.8, 4) is 11.5 Å². The lowest BCUT2D eigenvalue weighted by atomic mass is 10.1. The van der Waals surface area contributed by atoms with Crippen molar-refractivity contribution in [1.82, 2.24) is 19.5 Å². The second-order valence-electron chi connectivity index (χ2n) is 7.93. The van der Waals surface area contributed by atoms with Gasteiger partial charge in [0.15, 0.2) is 22.8 Å². The number of carbonyl (C=O) groups is 1. The van der Waals surface area contributed by atoms with E-state index in [1.165, 1.54) is 18.4 Å². The molecule has 0 saturated carbocycles. The van der Waals surface area contributed by atoms with Gasteiger partial charge in [-0.05, 0) is 29.3 Å². The highest BCUT2D eigenvalue weighted by Gasteiger charge is 2.36. The molecule has 0 atom stereocenters. The Kier molecular flexibility index (Phi) is 5.82. The number of aromatic nitrogens is 3. The van der Waals surface area contributed by atoms with Gasteiger partial charge in [-0.3, -0.25) is 4.79 Å². The minimum atomic E-state index is -4.72. The standard InChI is InChI=1S/C26H19F3N4O2/c27-26(28,29)23-14-20(22-12-7-13-35-22)30-24-15-21(31-33(23)24)25(34)32(16-18-8-3-1-4-9-18)17-19-10-5-2-6-11-19/h1-15H,16-17H2. The third-order valence-corrected chi connectivity index (χ3v) is 5.43. The smallest absolute Gasteiger partial charge is 0.433 e. The molecule has 0 saturated heterocycles. The van der Waals surface area contributed by atoms with Gasteiger partial charge in [0.25, 0.3) is 5.91 Å². The summed E-state index contributed by atoms with van der Waals surface area (Å²) in [4.78, 5) is 19.3. The molecule has 0 aliphatic heterocycles. The quantitative estimate of drug-likeness (QED) is 0.308. The summed E-state index contributed by atoms with van der Waals surface area (Å²) in [6, 6.07) is 23.9. The van der Waals surface area contributed by atoms with Gasteiger partial charge < -0.3 is 9.32 Å². The van der Waals surface area contributed by atoms with E-state index >= 15 is 0 Å². The fourth-order valence-electron chi connectivity index (χ4n) is 3.80. The number of carbonyl (C=O) groups excluding carboxylic acids is 1. The van der Waals surface area contributed by atoms with Crippen LogP contribution in [0.1, 0.15) is 27.3 Å². The Labute approximate surface area is 198 Å². The Morgan fingerprint density at radius 2 is 1.51 bits per heavy atom. The fourth-order valence-corrected chi connectivity index (χ4v) is 3.80. The summed E-state index contributed by atoms with van der Waals surface area (Å²) in [5.74, 6) is -0.322. The summed E-state index contributed by atoms with van der Waals surface area (Å²) in [6.07, 6.45) is -3.37. The highest BCUT2D eigenvalue weighted by atomic mass is 19.4. The molecular formula is C26H19F3N4O2. The van der Waals surface area contributed by atoms with Crippen LogP contribution in [-0.2, 0) is 19.3 Å². The van der Waals surface area contributed by atoms with Crippen LogP contribution in [0.2, 0.25) is 0 Å². The summed E-state index contributed by atoms with van der Waals surface area (Å²) in [5.41, 5.74) is 0.481. The van der Waals surface area contributed by atoms with Gasteiger partial charge in [0, 0.05) is 19.2 Å². The van der Waals surface area contributed by atoms with E-state index in [9.17, 15) is 18.0 Å². The van der Waals surface area contributed by atoms with Crippen molar-refractivity contribution in [1.29, 1.82) is 0 Å². The van der Waals surface area contributed by atoms with E-state index in [2.05, 4.69) is 10.1 Å². The average molecular weight is 476 g/mol. The number of amides is 1. The lowest BCUT2D eigenvalue weighted by Crippen LogP contribution is -2.30. The predicted octanol–water partition coefficient (Wildman–Crippen LogP) is 5.85. The number of benzene rings is 2. The lowest BCUT2D eigenvalue weighted by molar-refractivity contribution is -0.142. The van der Waals surface area contributed by atoms with E-state index in [-0.39, 0.29) is 35.9 Å². The largest absolute Gasteiger partial charge is 0.463 e. The Morgan fingerprint density at radius 3 is 2.06 bits per heavy atom. The van der Waals surface area contributed by atoms with Gasteiger partial charge in [-0.2, -0.15) is 18.3 Å². The van der Waals surface area contributed by atoms with Crippen LogP contribution in [0.15, 0.2) is 95.6 Å². The molecule has 9 heteroatoms. The van der Waals surface area contributed by atoms with Gasteiger partial charge in [-0.15, -0.1) is 0 Å². The number of hydrogen-bond donors (Lipinski definition) is 0. The summed E-state index contributed by atoms with van der Waals surface area (Å²) in [5, 5.41) is 4.02. The van der Waals surface area contributed by atoms with Crippen LogP contribution in [0.3, 0.4) is 0 Å². The van der Waals surface area contributed by atoms with Gasteiger partial charge in [0.05, 0.1) is 6.26 Å². The number of nitrogens with zero attached hydrogens (tertiary/aromatic N) is 4. The second kappa shape index (κ2) is 9.09. The molecule has 0 aliphatic rings. The molecule has 2 aromatic carbocycles. The van der Waals surface area contributed by atoms with Crippen molar-refractivity contribution in [2.75, 3.05) is 0 Å². The van der Waals surface area contributed by atoms with Crippen molar-refractivity contribution in [3.05, 3.63) is 114 Å². The number of fused-ring (bicyclic) bond motifs is 1. The Hall–Kier alpha value is -4.40. The van der Waals surface area contributed by atoms with Crippen LogP contribution in [0.5, 0.6) is 0 Å². The summed E-state index contributed by atoms with van der Waals surface area (Å²) >= 11 is 0. The molecule has 176 valence electrons.